The lowest BCUT2D eigenvalue weighted by molar-refractivity contribution is -0.126. The summed E-state index contributed by atoms with van der Waals surface area (Å²) in [5, 5.41) is 3.01. The van der Waals surface area contributed by atoms with Gasteiger partial charge >= 0.3 is 0 Å². The van der Waals surface area contributed by atoms with Gasteiger partial charge in [-0.15, -0.1) is 0 Å². The zero-order valence-electron chi connectivity index (χ0n) is 14.6. The van der Waals surface area contributed by atoms with Crippen LogP contribution in [0.3, 0.4) is 0 Å². The first-order chi connectivity index (χ1) is 12.1. The third kappa shape index (κ3) is 3.88. The van der Waals surface area contributed by atoms with Gasteiger partial charge in [0.25, 0.3) is 0 Å². The number of likely N-dealkylation sites (N-methyl/N-ethyl adjacent to an activating group) is 1. The molecule has 1 heterocycles. The van der Waals surface area contributed by atoms with Crippen molar-refractivity contribution in [2.75, 3.05) is 20.1 Å². The fourth-order valence-corrected chi connectivity index (χ4v) is 3.25. The van der Waals surface area contributed by atoms with Crippen molar-refractivity contribution < 1.29 is 9.59 Å². The van der Waals surface area contributed by atoms with Crippen LogP contribution in [0.1, 0.15) is 30.3 Å². The van der Waals surface area contributed by atoms with Crippen LogP contribution in [0.5, 0.6) is 0 Å². The highest BCUT2D eigenvalue weighted by Gasteiger charge is 2.37. The molecule has 5 heteroatoms. The maximum atomic E-state index is 12.5. The Balaban J connectivity index is 1.68. The van der Waals surface area contributed by atoms with Gasteiger partial charge in [0.05, 0.1) is 19.1 Å². The molecule has 0 aliphatic carbocycles. The van der Waals surface area contributed by atoms with E-state index >= 15 is 0 Å². The van der Waals surface area contributed by atoms with Gasteiger partial charge in [0.1, 0.15) is 6.17 Å². The Hall–Kier alpha value is -2.66. The van der Waals surface area contributed by atoms with E-state index in [1.807, 2.05) is 72.5 Å². The molecule has 5 nitrogen and oxygen atoms in total. The molecule has 1 saturated heterocycles. The molecule has 1 aliphatic heterocycles. The van der Waals surface area contributed by atoms with Gasteiger partial charge in [0, 0.05) is 7.05 Å². The van der Waals surface area contributed by atoms with E-state index < -0.39 is 0 Å². The van der Waals surface area contributed by atoms with Crippen LogP contribution in [-0.2, 0) is 9.59 Å². The van der Waals surface area contributed by atoms with E-state index in [4.69, 9.17) is 0 Å². The largest absolute Gasteiger partial charge is 0.348 e. The van der Waals surface area contributed by atoms with Gasteiger partial charge in [-0.3, -0.25) is 14.5 Å². The topological polar surface area (TPSA) is 52.7 Å². The second-order valence-electron chi connectivity index (χ2n) is 6.39. The van der Waals surface area contributed by atoms with Crippen LogP contribution in [0.2, 0.25) is 0 Å². The van der Waals surface area contributed by atoms with E-state index in [0.29, 0.717) is 0 Å². The van der Waals surface area contributed by atoms with Crippen molar-refractivity contribution in [1.82, 2.24) is 15.1 Å². The molecular weight excluding hydrogens is 314 g/mol. The summed E-state index contributed by atoms with van der Waals surface area (Å²) >= 11 is 0. The van der Waals surface area contributed by atoms with Crippen molar-refractivity contribution in [3.63, 3.8) is 0 Å². The number of hydrogen-bond acceptors (Lipinski definition) is 3. The maximum Gasteiger partial charge on any atom is 0.238 e. The summed E-state index contributed by atoms with van der Waals surface area (Å²) in [4.78, 5) is 28.2. The monoisotopic (exact) mass is 337 g/mol. The number of amides is 2. The Bertz CT molecular complexity index is 733. The van der Waals surface area contributed by atoms with E-state index in [0.717, 1.165) is 11.1 Å². The first-order valence-electron chi connectivity index (χ1n) is 8.45. The van der Waals surface area contributed by atoms with Crippen LogP contribution in [-0.4, -0.2) is 41.8 Å². The number of nitrogens with zero attached hydrogens (tertiary/aromatic N) is 2. The van der Waals surface area contributed by atoms with Crippen LogP contribution in [0.15, 0.2) is 60.7 Å². The minimum atomic E-state index is -0.202. The smallest absolute Gasteiger partial charge is 0.238 e. The molecule has 0 spiro atoms. The minimum absolute atomic E-state index is 0.0257. The van der Waals surface area contributed by atoms with E-state index in [9.17, 15) is 9.59 Å². The molecule has 25 heavy (non-hydrogen) atoms. The molecule has 0 saturated carbocycles. The van der Waals surface area contributed by atoms with E-state index in [1.54, 1.807) is 11.9 Å². The summed E-state index contributed by atoms with van der Waals surface area (Å²) in [6.07, 6.45) is -0.202. The lowest BCUT2D eigenvalue weighted by Crippen LogP contribution is -2.39. The normalized spacial score (nSPS) is 19.0. The average molecular weight is 337 g/mol. The van der Waals surface area contributed by atoms with Gasteiger partial charge in [0.15, 0.2) is 0 Å². The summed E-state index contributed by atoms with van der Waals surface area (Å²) in [6, 6.07) is 19.6. The van der Waals surface area contributed by atoms with Crippen LogP contribution < -0.4 is 5.32 Å². The highest BCUT2D eigenvalue weighted by atomic mass is 16.2. The first kappa shape index (κ1) is 17.2. The predicted molar refractivity (Wildman–Crippen MR) is 96.5 cm³/mol. The van der Waals surface area contributed by atoms with E-state index in [2.05, 4.69) is 5.32 Å². The van der Waals surface area contributed by atoms with Crippen LogP contribution >= 0.6 is 0 Å². The van der Waals surface area contributed by atoms with Gasteiger partial charge in [-0.05, 0) is 18.1 Å². The Morgan fingerprint density at radius 1 is 1.12 bits per heavy atom. The quantitative estimate of drug-likeness (QED) is 0.911. The second kappa shape index (κ2) is 7.49. The molecule has 2 atom stereocenters. The van der Waals surface area contributed by atoms with Crippen LogP contribution in [0.4, 0.5) is 0 Å². The van der Waals surface area contributed by atoms with E-state index in [-0.39, 0.29) is 37.1 Å². The molecule has 1 fully saturated rings. The van der Waals surface area contributed by atoms with Crippen molar-refractivity contribution in [1.29, 1.82) is 0 Å². The third-order valence-electron chi connectivity index (χ3n) is 4.57. The summed E-state index contributed by atoms with van der Waals surface area (Å²) in [6.45, 7) is 2.40. The van der Waals surface area contributed by atoms with Crippen molar-refractivity contribution in [3.05, 3.63) is 71.8 Å². The van der Waals surface area contributed by atoms with Gasteiger partial charge in [-0.1, -0.05) is 60.7 Å². The molecule has 2 amide bonds. The highest BCUT2D eigenvalue weighted by molar-refractivity contribution is 5.83. The molecule has 0 aromatic heterocycles. The molecule has 2 unspecified atom stereocenters. The fraction of sp³-hybridized carbons (Fsp3) is 0.300. The molecule has 1 aliphatic rings. The second-order valence-corrected chi connectivity index (χ2v) is 6.39. The Morgan fingerprint density at radius 3 is 2.36 bits per heavy atom. The molecule has 0 bridgehead atoms. The zero-order valence-corrected chi connectivity index (χ0v) is 14.6. The molecule has 2 aromatic carbocycles. The summed E-state index contributed by atoms with van der Waals surface area (Å²) in [5.74, 6) is -0.0573. The van der Waals surface area contributed by atoms with Crippen molar-refractivity contribution >= 4 is 11.8 Å². The van der Waals surface area contributed by atoms with Crippen molar-refractivity contribution in [2.24, 2.45) is 0 Å². The Morgan fingerprint density at radius 2 is 1.72 bits per heavy atom. The zero-order chi connectivity index (χ0) is 17.8. The van der Waals surface area contributed by atoms with Gasteiger partial charge in [-0.25, -0.2) is 0 Å². The summed E-state index contributed by atoms with van der Waals surface area (Å²) in [5.41, 5.74) is 2.07. The number of carbonyl (C=O) groups excluding carboxylic acids is 2. The molecule has 2 aromatic rings. The van der Waals surface area contributed by atoms with Gasteiger partial charge in [-0.2, -0.15) is 0 Å². The first-order valence-corrected chi connectivity index (χ1v) is 8.45. The number of rotatable bonds is 5. The lowest BCUT2D eigenvalue weighted by atomic mass is 10.1. The Labute approximate surface area is 148 Å². The summed E-state index contributed by atoms with van der Waals surface area (Å²) in [7, 11) is 1.78. The van der Waals surface area contributed by atoms with Gasteiger partial charge in [0.2, 0.25) is 11.8 Å². The molecule has 130 valence electrons. The number of benzene rings is 2. The number of nitrogens with one attached hydrogen (secondary N) is 1. The standard InChI is InChI=1S/C20H23N3O2/c1-15(16-9-5-3-6-10-16)21-18(24)13-23-14-19(25)22(2)20(23)17-11-7-4-8-12-17/h3-12,15,20H,13-14H2,1-2H3,(H,21,24). The maximum absolute atomic E-state index is 12.5. The highest BCUT2D eigenvalue weighted by Crippen LogP contribution is 2.28. The minimum Gasteiger partial charge on any atom is -0.348 e. The number of hydrogen-bond donors (Lipinski definition) is 1. The molecule has 3 rings (SSSR count). The molecule has 0 radical (unpaired) electrons. The number of carbonyl (C=O) groups is 2. The van der Waals surface area contributed by atoms with E-state index in [1.165, 1.54) is 0 Å². The van der Waals surface area contributed by atoms with Crippen molar-refractivity contribution in [3.8, 4) is 0 Å². The predicted octanol–water partition coefficient (Wildman–Crippen LogP) is 2.34. The summed E-state index contributed by atoms with van der Waals surface area (Å²) < 4.78 is 0. The SMILES string of the molecule is CC(NC(=O)CN1CC(=O)N(C)C1c1ccccc1)c1ccccc1. The fourth-order valence-electron chi connectivity index (χ4n) is 3.25. The molecule has 1 N–H and O–H groups in total. The third-order valence-corrected chi connectivity index (χ3v) is 4.57. The molecular formula is C20H23N3O2. The Kier molecular flexibility index (Phi) is 5.14. The van der Waals surface area contributed by atoms with Crippen molar-refractivity contribution in [2.45, 2.75) is 19.1 Å². The van der Waals surface area contributed by atoms with Crippen LogP contribution in [0.25, 0.3) is 0 Å². The van der Waals surface area contributed by atoms with Gasteiger partial charge < -0.3 is 10.2 Å². The van der Waals surface area contributed by atoms with Crippen LogP contribution in [0, 0.1) is 0 Å². The lowest BCUT2D eigenvalue weighted by Gasteiger charge is -2.28. The average Bonchev–Trinajstić information content (AvgIpc) is 2.90.